The highest BCUT2D eigenvalue weighted by Crippen LogP contribution is 2.22. The first kappa shape index (κ1) is 10.3. The van der Waals surface area contributed by atoms with Crippen molar-refractivity contribution in [1.82, 2.24) is 0 Å². The molecule has 14 heavy (non-hydrogen) atoms. The molecule has 2 rings (SSSR count). The highest BCUT2D eigenvalue weighted by Gasteiger charge is 2.23. The number of ether oxygens (including phenoxy) is 1. The van der Waals surface area contributed by atoms with Gasteiger partial charge in [0.25, 0.3) is 0 Å². The van der Waals surface area contributed by atoms with E-state index in [0.29, 0.717) is 18.8 Å². The highest BCUT2D eigenvalue weighted by molar-refractivity contribution is 9.10. The van der Waals surface area contributed by atoms with Crippen molar-refractivity contribution in [3.8, 4) is 0 Å². The Morgan fingerprint density at radius 2 is 2.57 bits per heavy atom. The fraction of sp³-hybridized carbons (Fsp3) is 0.500. The Hall–Kier alpha value is -0.190. The molecule has 0 aromatic carbocycles. The quantitative estimate of drug-likeness (QED) is 0.847. The number of carbonyl (C=O) groups is 1. The molecule has 76 valence electrons. The zero-order chi connectivity index (χ0) is 9.97. The van der Waals surface area contributed by atoms with E-state index < -0.39 is 0 Å². The van der Waals surface area contributed by atoms with E-state index in [9.17, 15) is 4.79 Å². The van der Waals surface area contributed by atoms with Gasteiger partial charge in [0.15, 0.2) is 0 Å². The Morgan fingerprint density at radius 3 is 3.14 bits per heavy atom. The number of thiophene rings is 1. The molecule has 1 atom stereocenters. The fourth-order valence-electron chi connectivity index (χ4n) is 1.55. The first-order valence-electron chi connectivity index (χ1n) is 4.59. The third-order valence-corrected chi connectivity index (χ3v) is 4.05. The van der Waals surface area contributed by atoms with Gasteiger partial charge in [0, 0.05) is 33.7 Å². The van der Waals surface area contributed by atoms with Gasteiger partial charge < -0.3 is 4.74 Å². The van der Waals surface area contributed by atoms with Gasteiger partial charge in [0.05, 0.1) is 6.61 Å². The Bertz CT molecular complexity index is 329. The third-order valence-electron chi connectivity index (χ3n) is 2.36. The smallest absolute Gasteiger partial charge is 0.143 e. The van der Waals surface area contributed by atoms with Gasteiger partial charge in [-0.1, -0.05) is 0 Å². The minimum Gasteiger partial charge on any atom is -0.381 e. The Morgan fingerprint density at radius 1 is 1.71 bits per heavy atom. The summed E-state index contributed by atoms with van der Waals surface area (Å²) in [5.74, 6) is 0.452. The van der Waals surface area contributed by atoms with Crippen LogP contribution in [0.15, 0.2) is 15.9 Å². The number of hydrogen-bond donors (Lipinski definition) is 0. The van der Waals surface area contributed by atoms with Crippen molar-refractivity contribution in [1.29, 1.82) is 0 Å². The molecule has 4 heteroatoms. The summed E-state index contributed by atoms with van der Waals surface area (Å²) < 4.78 is 6.26. The van der Waals surface area contributed by atoms with E-state index in [2.05, 4.69) is 15.9 Å². The molecule has 1 fully saturated rings. The topological polar surface area (TPSA) is 26.3 Å². The maximum Gasteiger partial charge on any atom is 0.143 e. The monoisotopic (exact) mass is 274 g/mol. The van der Waals surface area contributed by atoms with E-state index in [4.69, 9.17) is 4.74 Å². The molecule has 1 saturated heterocycles. The van der Waals surface area contributed by atoms with Crippen LogP contribution < -0.4 is 0 Å². The second-order valence-electron chi connectivity index (χ2n) is 3.43. The summed E-state index contributed by atoms with van der Waals surface area (Å²) in [5, 5.41) is 2.01. The molecule has 1 aromatic heterocycles. The molecule has 0 amide bonds. The third kappa shape index (κ3) is 2.43. The maximum absolute atomic E-state index is 11.7. The predicted molar refractivity (Wildman–Crippen MR) is 59.7 cm³/mol. The van der Waals surface area contributed by atoms with E-state index in [0.717, 1.165) is 22.4 Å². The molecule has 0 radical (unpaired) electrons. The molecule has 0 saturated carbocycles. The standard InChI is InChI=1S/C10H11BrO2S/c11-8-3-9(14-6-8)4-10(12)7-1-2-13-5-7/h3,6-7H,1-2,4-5H2. The summed E-state index contributed by atoms with van der Waals surface area (Å²) in [6.45, 7) is 1.36. The average Bonchev–Trinajstić information content (AvgIpc) is 2.75. The van der Waals surface area contributed by atoms with Gasteiger partial charge >= 0.3 is 0 Å². The first-order valence-corrected chi connectivity index (χ1v) is 6.26. The van der Waals surface area contributed by atoms with Crippen molar-refractivity contribution in [3.05, 3.63) is 20.8 Å². The molecular formula is C10H11BrO2S. The zero-order valence-electron chi connectivity index (χ0n) is 7.66. The lowest BCUT2D eigenvalue weighted by molar-refractivity contribution is -0.122. The second kappa shape index (κ2) is 4.55. The van der Waals surface area contributed by atoms with E-state index in [1.165, 1.54) is 0 Å². The van der Waals surface area contributed by atoms with Crippen LogP contribution in [0.2, 0.25) is 0 Å². The molecule has 0 spiro atoms. The molecule has 1 aromatic rings. The largest absolute Gasteiger partial charge is 0.381 e. The van der Waals surface area contributed by atoms with Crippen LogP contribution in [0, 0.1) is 5.92 Å². The summed E-state index contributed by atoms with van der Waals surface area (Å²) >= 11 is 5.01. The summed E-state index contributed by atoms with van der Waals surface area (Å²) in [5.41, 5.74) is 0. The van der Waals surface area contributed by atoms with Crippen molar-refractivity contribution in [2.45, 2.75) is 12.8 Å². The van der Waals surface area contributed by atoms with E-state index in [1.807, 2.05) is 11.4 Å². The molecule has 1 aliphatic heterocycles. The van der Waals surface area contributed by atoms with Crippen molar-refractivity contribution in [2.24, 2.45) is 5.92 Å². The van der Waals surface area contributed by atoms with Crippen molar-refractivity contribution in [2.75, 3.05) is 13.2 Å². The number of rotatable bonds is 3. The summed E-state index contributed by atoms with van der Waals surface area (Å²) in [6.07, 6.45) is 1.45. The van der Waals surface area contributed by atoms with Crippen molar-refractivity contribution < 1.29 is 9.53 Å². The van der Waals surface area contributed by atoms with Gasteiger partial charge in [0.1, 0.15) is 5.78 Å². The van der Waals surface area contributed by atoms with Gasteiger partial charge in [-0.05, 0) is 28.4 Å². The van der Waals surface area contributed by atoms with Gasteiger partial charge in [-0.2, -0.15) is 0 Å². The predicted octanol–water partition coefficient (Wildman–Crippen LogP) is 2.66. The van der Waals surface area contributed by atoms with Crippen LogP contribution in [0.3, 0.4) is 0 Å². The van der Waals surface area contributed by atoms with Crippen LogP contribution in [0.5, 0.6) is 0 Å². The molecule has 0 N–H and O–H groups in total. The van der Waals surface area contributed by atoms with E-state index in [-0.39, 0.29) is 5.92 Å². The van der Waals surface area contributed by atoms with Crippen molar-refractivity contribution in [3.63, 3.8) is 0 Å². The Balaban J connectivity index is 1.93. The van der Waals surface area contributed by atoms with E-state index in [1.54, 1.807) is 11.3 Å². The molecule has 1 aliphatic rings. The Labute approximate surface area is 95.4 Å². The lowest BCUT2D eigenvalue weighted by atomic mass is 10.0. The highest BCUT2D eigenvalue weighted by atomic mass is 79.9. The van der Waals surface area contributed by atoms with E-state index >= 15 is 0 Å². The van der Waals surface area contributed by atoms with Crippen LogP contribution in [-0.4, -0.2) is 19.0 Å². The lowest BCUT2D eigenvalue weighted by Gasteiger charge is -2.03. The number of carbonyl (C=O) groups excluding carboxylic acids is 1. The molecule has 0 bridgehead atoms. The van der Waals surface area contributed by atoms with Crippen molar-refractivity contribution >= 4 is 33.0 Å². The number of ketones is 1. The maximum atomic E-state index is 11.7. The van der Waals surface area contributed by atoms with Crippen LogP contribution in [0.4, 0.5) is 0 Å². The second-order valence-corrected chi connectivity index (χ2v) is 5.35. The molecule has 2 heterocycles. The average molecular weight is 275 g/mol. The first-order chi connectivity index (χ1) is 6.75. The SMILES string of the molecule is O=C(Cc1cc(Br)cs1)C1CCOC1. The molecular weight excluding hydrogens is 264 g/mol. The normalized spacial score (nSPS) is 21.4. The van der Waals surface area contributed by atoms with Gasteiger partial charge in [-0.25, -0.2) is 0 Å². The minimum atomic E-state index is 0.135. The molecule has 2 nitrogen and oxygen atoms in total. The van der Waals surface area contributed by atoms with Crippen LogP contribution in [0.25, 0.3) is 0 Å². The number of hydrogen-bond acceptors (Lipinski definition) is 3. The Kier molecular flexibility index (Phi) is 3.36. The van der Waals surface area contributed by atoms with Crippen LogP contribution in [-0.2, 0) is 16.0 Å². The summed E-state index contributed by atoms with van der Waals surface area (Å²) in [4.78, 5) is 12.9. The molecule has 0 aliphatic carbocycles. The number of halogens is 1. The summed E-state index contributed by atoms with van der Waals surface area (Å²) in [6, 6.07) is 2.01. The van der Waals surface area contributed by atoms with Crippen LogP contribution >= 0.6 is 27.3 Å². The molecule has 1 unspecified atom stereocenters. The lowest BCUT2D eigenvalue weighted by Crippen LogP contribution is -2.16. The number of Topliss-reactive ketones (excluding diaryl/α,β-unsaturated/α-hetero) is 1. The van der Waals surface area contributed by atoms with Gasteiger partial charge in [-0.3, -0.25) is 4.79 Å². The zero-order valence-corrected chi connectivity index (χ0v) is 10.1. The van der Waals surface area contributed by atoms with Crippen LogP contribution in [0.1, 0.15) is 11.3 Å². The van der Waals surface area contributed by atoms with Gasteiger partial charge in [-0.15, -0.1) is 11.3 Å². The van der Waals surface area contributed by atoms with Gasteiger partial charge in [0.2, 0.25) is 0 Å². The fourth-order valence-corrected chi connectivity index (χ4v) is 3.01. The minimum absolute atomic E-state index is 0.135. The summed E-state index contributed by atoms with van der Waals surface area (Å²) in [7, 11) is 0.